The molecule has 0 radical (unpaired) electrons. The Hall–Kier alpha value is -3.15. The Morgan fingerprint density at radius 2 is 1.78 bits per heavy atom. The zero-order valence-corrected chi connectivity index (χ0v) is 18.6. The van der Waals surface area contributed by atoms with E-state index >= 15 is 0 Å². The number of nitrogens with one attached hydrogen (secondary N) is 1. The Balaban J connectivity index is 1.25. The Morgan fingerprint density at radius 3 is 2.53 bits per heavy atom. The first-order valence-electron chi connectivity index (χ1n) is 11.6. The zero-order chi connectivity index (χ0) is 22.3. The Kier molecular flexibility index (Phi) is 7.20. The van der Waals surface area contributed by atoms with Gasteiger partial charge in [0.05, 0.1) is 18.2 Å². The first-order valence-corrected chi connectivity index (χ1v) is 11.6. The number of carbonyl (C=O) groups is 2. The number of nitrogens with zero attached hydrogens (tertiary/aromatic N) is 2. The van der Waals surface area contributed by atoms with E-state index in [0.29, 0.717) is 25.9 Å². The van der Waals surface area contributed by atoms with Gasteiger partial charge in [-0.05, 0) is 36.0 Å². The standard InChI is InChI=1S/C26H31N3O3/c1-2-7-25(30)29-15-6-10-22(18-29)26(31)27-17-23-16-24(28-32-23)21-13-11-20(12-14-21)19-8-4-3-5-9-19/h3-5,8-9,11-14,22-23H,2,6-7,10,15-18H2,1H3,(H,27,31)/t22-,23-/m0/s1. The van der Waals surface area contributed by atoms with Crippen molar-refractivity contribution in [3.05, 3.63) is 60.2 Å². The molecular weight excluding hydrogens is 402 g/mol. The Bertz CT molecular complexity index is 956. The van der Waals surface area contributed by atoms with Gasteiger partial charge in [0, 0.05) is 25.9 Å². The maximum atomic E-state index is 12.7. The van der Waals surface area contributed by atoms with Crippen molar-refractivity contribution in [1.29, 1.82) is 0 Å². The quantitative estimate of drug-likeness (QED) is 0.717. The lowest BCUT2D eigenvalue weighted by molar-refractivity contribution is -0.135. The molecule has 0 unspecified atom stereocenters. The Morgan fingerprint density at radius 1 is 1.06 bits per heavy atom. The maximum absolute atomic E-state index is 12.7. The van der Waals surface area contributed by atoms with E-state index < -0.39 is 0 Å². The molecule has 0 aromatic heterocycles. The third-order valence-corrected chi connectivity index (χ3v) is 6.17. The number of piperidine rings is 1. The van der Waals surface area contributed by atoms with Gasteiger partial charge in [0.25, 0.3) is 0 Å². The minimum Gasteiger partial charge on any atom is -0.390 e. The molecular formula is C26H31N3O3. The fourth-order valence-corrected chi connectivity index (χ4v) is 4.34. The zero-order valence-electron chi connectivity index (χ0n) is 18.6. The average Bonchev–Trinajstić information content (AvgIpc) is 3.32. The van der Waals surface area contributed by atoms with Crippen LogP contribution in [0, 0.1) is 5.92 Å². The van der Waals surface area contributed by atoms with Crippen molar-refractivity contribution < 1.29 is 14.4 Å². The largest absolute Gasteiger partial charge is 0.390 e. The van der Waals surface area contributed by atoms with Crippen molar-refractivity contribution in [3.63, 3.8) is 0 Å². The summed E-state index contributed by atoms with van der Waals surface area (Å²) < 4.78 is 0. The molecule has 0 bridgehead atoms. The summed E-state index contributed by atoms with van der Waals surface area (Å²) in [4.78, 5) is 32.2. The van der Waals surface area contributed by atoms with E-state index in [1.54, 1.807) is 0 Å². The van der Waals surface area contributed by atoms with E-state index in [4.69, 9.17) is 4.84 Å². The third kappa shape index (κ3) is 5.36. The monoisotopic (exact) mass is 433 g/mol. The van der Waals surface area contributed by atoms with Crippen LogP contribution in [0.5, 0.6) is 0 Å². The summed E-state index contributed by atoms with van der Waals surface area (Å²) in [6.45, 7) is 3.70. The second-order valence-electron chi connectivity index (χ2n) is 8.59. The molecule has 0 saturated carbocycles. The van der Waals surface area contributed by atoms with Gasteiger partial charge >= 0.3 is 0 Å². The summed E-state index contributed by atoms with van der Waals surface area (Å²) in [5.74, 6) is 0.0144. The molecule has 0 spiro atoms. The van der Waals surface area contributed by atoms with Gasteiger partial charge in [-0.25, -0.2) is 0 Å². The summed E-state index contributed by atoms with van der Waals surface area (Å²) in [6, 6.07) is 18.6. The normalized spacial score (nSPS) is 20.4. The number of rotatable bonds is 7. The van der Waals surface area contributed by atoms with Crippen LogP contribution in [0.15, 0.2) is 59.8 Å². The SMILES string of the molecule is CCCC(=O)N1CCC[C@H](C(=O)NC[C@@H]2CC(c3ccc(-c4ccccc4)cc3)=NO2)C1. The van der Waals surface area contributed by atoms with Crippen molar-refractivity contribution in [2.75, 3.05) is 19.6 Å². The van der Waals surface area contributed by atoms with Crippen LogP contribution in [0.3, 0.4) is 0 Å². The van der Waals surface area contributed by atoms with Crippen LogP contribution in [0.25, 0.3) is 11.1 Å². The predicted molar refractivity (Wildman–Crippen MR) is 125 cm³/mol. The lowest BCUT2D eigenvalue weighted by Crippen LogP contribution is -2.46. The number of likely N-dealkylation sites (tertiary alicyclic amines) is 1. The van der Waals surface area contributed by atoms with E-state index in [1.165, 1.54) is 5.56 Å². The van der Waals surface area contributed by atoms with Gasteiger partial charge in [0.1, 0.15) is 6.10 Å². The molecule has 6 heteroatoms. The molecule has 2 aromatic carbocycles. The van der Waals surface area contributed by atoms with Crippen molar-refractivity contribution in [1.82, 2.24) is 10.2 Å². The second kappa shape index (κ2) is 10.4. The Labute approximate surface area is 189 Å². The van der Waals surface area contributed by atoms with Gasteiger partial charge in [-0.2, -0.15) is 0 Å². The molecule has 2 amide bonds. The van der Waals surface area contributed by atoms with Crippen molar-refractivity contribution in [2.45, 2.75) is 45.1 Å². The number of benzene rings is 2. The molecule has 1 N–H and O–H groups in total. The summed E-state index contributed by atoms with van der Waals surface area (Å²) in [6.07, 6.45) is 3.59. The molecule has 2 heterocycles. The topological polar surface area (TPSA) is 71.0 Å². The highest BCUT2D eigenvalue weighted by Gasteiger charge is 2.29. The third-order valence-electron chi connectivity index (χ3n) is 6.17. The van der Waals surface area contributed by atoms with Gasteiger partial charge < -0.3 is 15.1 Å². The van der Waals surface area contributed by atoms with Gasteiger partial charge in [-0.3, -0.25) is 9.59 Å². The van der Waals surface area contributed by atoms with Gasteiger partial charge in [-0.1, -0.05) is 66.7 Å². The summed E-state index contributed by atoms with van der Waals surface area (Å²) >= 11 is 0. The minimum absolute atomic E-state index is 0.00302. The van der Waals surface area contributed by atoms with Crippen LogP contribution in [0.1, 0.15) is 44.6 Å². The van der Waals surface area contributed by atoms with Gasteiger partial charge in [0.15, 0.2) is 0 Å². The van der Waals surface area contributed by atoms with E-state index in [1.807, 2.05) is 30.0 Å². The first-order chi connectivity index (χ1) is 15.6. The molecule has 2 atom stereocenters. The van der Waals surface area contributed by atoms with Crippen LogP contribution in [0.4, 0.5) is 0 Å². The predicted octanol–water partition coefficient (Wildman–Crippen LogP) is 4.00. The summed E-state index contributed by atoms with van der Waals surface area (Å²) in [7, 11) is 0. The van der Waals surface area contributed by atoms with E-state index in [9.17, 15) is 9.59 Å². The van der Waals surface area contributed by atoms with Crippen molar-refractivity contribution in [2.24, 2.45) is 11.1 Å². The highest BCUT2D eigenvalue weighted by atomic mass is 16.6. The number of hydrogen-bond donors (Lipinski definition) is 1. The minimum atomic E-state index is -0.163. The summed E-state index contributed by atoms with van der Waals surface area (Å²) in [5.41, 5.74) is 4.28. The van der Waals surface area contributed by atoms with Crippen molar-refractivity contribution >= 4 is 17.5 Å². The number of oxime groups is 1. The van der Waals surface area contributed by atoms with Gasteiger partial charge in [0.2, 0.25) is 11.8 Å². The van der Waals surface area contributed by atoms with Crippen LogP contribution in [0.2, 0.25) is 0 Å². The van der Waals surface area contributed by atoms with E-state index in [-0.39, 0.29) is 23.8 Å². The smallest absolute Gasteiger partial charge is 0.225 e. The molecule has 2 aliphatic rings. The van der Waals surface area contributed by atoms with Crippen molar-refractivity contribution in [3.8, 4) is 11.1 Å². The van der Waals surface area contributed by atoms with Crippen LogP contribution in [-0.4, -0.2) is 48.2 Å². The molecule has 0 aliphatic carbocycles. The highest BCUT2D eigenvalue weighted by molar-refractivity contribution is 6.01. The van der Waals surface area contributed by atoms with Crippen LogP contribution < -0.4 is 5.32 Å². The van der Waals surface area contributed by atoms with E-state index in [0.717, 1.165) is 42.6 Å². The highest BCUT2D eigenvalue weighted by Crippen LogP contribution is 2.23. The molecule has 6 nitrogen and oxygen atoms in total. The molecule has 32 heavy (non-hydrogen) atoms. The fourth-order valence-electron chi connectivity index (χ4n) is 4.34. The fraction of sp³-hybridized carbons (Fsp3) is 0.423. The number of carbonyl (C=O) groups excluding carboxylic acids is 2. The molecule has 168 valence electrons. The number of hydrogen-bond acceptors (Lipinski definition) is 4. The van der Waals surface area contributed by atoms with Gasteiger partial charge in [-0.15, -0.1) is 0 Å². The lowest BCUT2D eigenvalue weighted by Gasteiger charge is -2.32. The molecule has 1 saturated heterocycles. The lowest BCUT2D eigenvalue weighted by atomic mass is 9.96. The number of amides is 2. The molecule has 1 fully saturated rings. The average molecular weight is 434 g/mol. The molecule has 2 aromatic rings. The maximum Gasteiger partial charge on any atom is 0.225 e. The molecule has 2 aliphatic heterocycles. The second-order valence-corrected chi connectivity index (χ2v) is 8.59. The summed E-state index contributed by atoms with van der Waals surface area (Å²) in [5, 5.41) is 7.26. The van der Waals surface area contributed by atoms with Crippen LogP contribution >= 0.6 is 0 Å². The first kappa shape index (κ1) is 22.1. The molecule has 4 rings (SSSR count). The van der Waals surface area contributed by atoms with E-state index in [2.05, 4.69) is 46.9 Å². The van der Waals surface area contributed by atoms with Crippen LogP contribution in [-0.2, 0) is 14.4 Å².